The first-order valence-corrected chi connectivity index (χ1v) is 7.59. The third kappa shape index (κ3) is 3.65. The molecule has 0 aliphatic rings. The molecule has 0 aliphatic carbocycles. The van der Waals surface area contributed by atoms with Crippen LogP contribution in [0.5, 0.6) is 5.75 Å². The molecule has 0 saturated heterocycles. The number of nitrogens with one attached hydrogen (secondary N) is 1. The average molecular weight is 404 g/mol. The van der Waals surface area contributed by atoms with Gasteiger partial charge in [-0.1, -0.05) is 22.0 Å². The van der Waals surface area contributed by atoms with Crippen LogP contribution >= 0.6 is 43.2 Å². The van der Waals surface area contributed by atoms with Crippen LogP contribution in [0.2, 0.25) is 0 Å². The highest BCUT2D eigenvalue weighted by molar-refractivity contribution is 9.11. The largest absolute Gasteiger partial charge is 0.507 e. The number of aromatic hydroxyl groups is 1. The Morgan fingerprint density at radius 2 is 2.16 bits per heavy atom. The van der Waals surface area contributed by atoms with Gasteiger partial charge in [0.05, 0.1) is 15.6 Å². The number of carbonyl (C=O) groups excluding carboxylic acids is 1. The molecule has 98 valence electrons. The molecular weight excluding hydrogens is 396 g/mol. The molecule has 0 atom stereocenters. The summed E-state index contributed by atoms with van der Waals surface area (Å²) in [6.07, 6.45) is 1.46. The minimum absolute atomic E-state index is 0.106. The quantitative estimate of drug-likeness (QED) is 0.605. The SMILES string of the molecule is O=C(N/N=C\c1cc(O)c(Br)cc1Br)c1cccs1. The third-order valence-electron chi connectivity index (χ3n) is 2.18. The van der Waals surface area contributed by atoms with Gasteiger partial charge in [-0.15, -0.1) is 11.3 Å². The van der Waals surface area contributed by atoms with Crippen molar-refractivity contribution in [1.82, 2.24) is 5.43 Å². The zero-order chi connectivity index (χ0) is 13.8. The first-order chi connectivity index (χ1) is 9.08. The van der Waals surface area contributed by atoms with E-state index in [9.17, 15) is 9.90 Å². The Bertz CT molecular complexity index is 627. The van der Waals surface area contributed by atoms with Gasteiger partial charge in [0.2, 0.25) is 0 Å². The maximum Gasteiger partial charge on any atom is 0.281 e. The number of rotatable bonds is 3. The zero-order valence-electron chi connectivity index (χ0n) is 9.43. The van der Waals surface area contributed by atoms with Crippen molar-refractivity contribution in [3.8, 4) is 5.75 Å². The van der Waals surface area contributed by atoms with E-state index in [1.54, 1.807) is 18.2 Å². The van der Waals surface area contributed by atoms with Crippen molar-refractivity contribution in [3.63, 3.8) is 0 Å². The number of nitrogens with zero attached hydrogens (tertiary/aromatic N) is 1. The van der Waals surface area contributed by atoms with Crippen LogP contribution in [0.3, 0.4) is 0 Å². The van der Waals surface area contributed by atoms with E-state index in [0.717, 1.165) is 4.47 Å². The summed E-state index contributed by atoms with van der Waals surface area (Å²) in [7, 11) is 0. The van der Waals surface area contributed by atoms with E-state index < -0.39 is 0 Å². The van der Waals surface area contributed by atoms with Crippen molar-refractivity contribution in [2.45, 2.75) is 0 Å². The van der Waals surface area contributed by atoms with Crippen molar-refractivity contribution in [1.29, 1.82) is 0 Å². The minimum atomic E-state index is -0.260. The molecule has 0 radical (unpaired) electrons. The summed E-state index contributed by atoms with van der Waals surface area (Å²) in [4.78, 5) is 12.2. The van der Waals surface area contributed by atoms with E-state index in [1.165, 1.54) is 23.6 Å². The van der Waals surface area contributed by atoms with Gasteiger partial charge in [-0.05, 0) is 39.5 Å². The van der Waals surface area contributed by atoms with Crippen LogP contribution in [0.15, 0.2) is 43.7 Å². The molecule has 0 fully saturated rings. The summed E-state index contributed by atoms with van der Waals surface area (Å²) in [5, 5.41) is 15.2. The Morgan fingerprint density at radius 1 is 1.37 bits per heavy atom. The van der Waals surface area contributed by atoms with Crippen LogP contribution in [0.1, 0.15) is 15.2 Å². The monoisotopic (exact) mass is 402 g/mol. The van der Waals surface area contributed by atoms with Gasteiger partial charge in [0.15, 0.2) is 0 Å². The molecule has 0 bridgehead atoms. The smallest absolute Gasteiger partial charge is 0.281 e. The molecule has 2 aromatic rings. The van der Waals surface area contributed by atoms with Gasteiger partial charge in [-0.3, -0.25) is 4.79 Å². The van der Waals surface area contributed by atoms with Gasteiger partial charge < -0.3 is 5.11 Å². The fourth-order valence-electron chi connectivity index (χ4n) is 1.28. The lowest BCUT2D eigenvalue weighted by atomic mass is 10.2. The van der Waals surface area contributed by atoms with Crippen molar-refractivity contribution >= 4 is 55.3 Å². The van der Waals surface area contributed by atoms with Crippen LogP contribution < -0.4 is 5.43 Å². The van der Waals surface area contributed by atoms with Crippen molar-refractivity contribution in [2.24, 2.45) is 5.10 Å². The van der Waals surface area contributed by atoms with Crippen molar-refractivity contribution in [2.75, 3.05) is 0 Å². The molecule has 7 heteroatoms. The van der Waals surface area contributed by atoms with Crippen molar-refractivity contribution < 1.29 is 9.90 Å². The highest BCUT2D eigenvalue weighted by Gasteiger charge is 2.06. The summed E-state index contributed by atoms with van der Waals surface area (Å²) >= 11 is 7.89. The number of hydrogen-bond donors (Lipinski definition) is 2. The Kier molecular flexibility index (Phi) is 4.73. The van der Waals surface area contributed by atoms with Crippen LogP contribution in [-0.2, 0) is 0 Å². The fraction of sp³-hybridized carbons (Fsp3) is 0. The second-order valence-corrected chi connectivity index (χ2v) is 6.16. The number of carbonyl (C=O) groups is 1. The number of hydrazone groups is 1. The minimum Gasteiger partial charge on any atom is -0.507 e. The van der Waals surface area contributed by atoms with Crippen LogP contribution in [-0.4, -0.2) is 17.2 Å². The molecule has 2 N–H and O–H groups in total. The third-order valence-corrected chi connectivity index (χ3v) is 4.37. The zero-order valence-corrected chi connectivity index (χ0v) is 13.4. The molecule has 1 amide bonds. The number of thiophene rings is 1. The highest BCUT2D eigenvalue weighted by Crippen LogP contribution is 2.29. The molecule has 0 aliphatic heterocycles. The fourth-order valence-corrected chi connectivity index (χ4v) is 2.99. The predicted octanol–water partition coefficient (Wildman–Crippen LogP) is 3.74. The van der Waals surface area contributed by atoms with Gasteiger partial charge in [-0.2, -0.15) is 5.10 Å². The molecule has 2 rings (SSSR count). The van der Waals surface area contributed by atoms with Crippen molar-refractivity contribution in [3.05, 3.63) is 49.0 Å². The maximum atomic E-state index is 11.6. The molecule has 1 heterocycles. The summed E-state index contributed by atoms with van der Waals surface area (Å²) in [5.41, 5.74) is 3.08. The number of amides is 1. The first-order valence-electron chi connectivity index (χ1n) is 5.13. The highest BCUT2D eigenvalue weighted by atomic mass is 79.9. The van der Waals surface area contributed by atoms with E-state index in [0.29, 0.717) is 14.9 Å². The Labute approximate surface area is 130 Å². The molecule has 1 aromatic carbocycles. The van der Waals surface area contributed by atoms with E-state index in [4.69, 9.17) is 0 Å². The lowest BCUT2D eigenvalue weighted by Crippen LogP contribution is -2.16. The Morgan fingerprint density at radius 3 is 2.84 bits per heavy atom. The average Bonchev–Trinajstić information content (AvgIpc) is 2.89. The summed E-state index contributed by atoms with van der Waals surface area (Å²) in [6, 6.07) is 6.76. The molecule has 4 nitrogen and oxygen atoms in total. The Hall–Kier alpha value is -1.18. The summed E-state index contributed by atoms with van der Waals surface area (Å²) in [6.45, 7) is 0. The van der Waals surface area contributed by atoms with Gasteiger partial charge in [0.25, 0.3) is 5.91 Å². The molecule has 1 aromatic heterocycles. The van der Waals surface area contributed by atoms with Gasteiger partial charge in [0.1, 0.15) is 5.75 Å². The summed E-state index contributed by atoms with van der Waals surface area (Å²) in [5.74, 6) is -0.155. The van der Waals surface area contributed by atoms with Gasteiger partial charge in [0, 0.05) is 10.0 Å². The number of benzene rings is 1. The standard InChI is InChI=1S/C12H8Br2N2O2S/c13-8-5-9(14)10(17)4-7(8)6-15-16-12(18)11-2-1-3-19-11/h1-6,17H,(H,16,18)/b15-6-. The second-order valence-electron chi connectivity index (χ2n) is 3.50. The van der Waals surface area contributed by atoms with E-state index in [1.807, 2.05) is 5.38 Å². The van der Waals surface area contributed by atoms with Crippen LogP contribution in [0, 0.1) is 0 Å². The second kappa shape index (κ2) is 6.31. The van der Waals surface area contributed by atoms with Crippen LogP contribution in [0.25, 0.3) is 0 Å². The lowest BCUT2D eigenvalue weighted by molar-refractivity contribution is 0.0959. The van der Waals surface area contributed by atoms with E-state index in [2.05, 4.69) is 42.4 Å². The Balaban J connectivity index is 2.07. The molecule has 0 saturated carbocycles. The van der Waals surface area contributed by atoms with Crippen LogP contribution in [0.4, 0.5) is 0 Å². The van der Waals surface area contributed by atoms with Gasteiger partial charge in [-0.25, -0.2) is 5.43 Å². The molecule has 19 heavy (non-hydrogen) atoms. The number of hydrogen-bond acceptors (Lipinski definition) is 4. The van der Waals surface area contributed by atoms with E-state index >= 15 is 0 Å². The number of phenols is 1. The van der Waals surface area contributed by atoms with Gasteiger partial charge >= 0.3 is 0 Å². The predicted molar refractivity (Wildman–Crippen MR) is 82.9 cm³/mol. The number of phenolic OH excluding ortho intramolecular Hbond substituents is 1. The lowest BCUT2D eigenvalue weighted by Gasteiger charge is -2.02. The summed E-state index contributed by atoms with van der Waals surface area (Å²) < 4.78 is 1.34. The molecular formula is C12H8Br2N2O2S. The normalized spacial score (nSPS) is 10.8. The first kappa shape index (κ1) is 14.2. The topological polar surface area (TPSA) is 61.7 Å². The molecule has 0 unspecified atom stereocenters. The molecule has 0 spiro atoms. The maximum absolute atomic E-state index is 11.6. The number of halogens is 2. The van der Waals surface area contributed by atoms with E-state index in [-0.39, 0.29) is 11.7 Å².